The predicted octanol–water partition coefficient (Wildman–Crippen LogP) is 4.95. The van der Waals surface area contributed by atoms with Crippen LogP contribution >= 0.6 is 0 Å². The zero-order valence-corrected chi connectivity index (χ0v) is 15.1. The quantitative estimate of drug-likeness (QED) is 0.667. The Balaban J connectivity index is 2.02. The van der Waals surface area contributed by atoms with Crippen LogP contribution in [0, 0.1) is 0 Å². The zero-order valence-electron chi connectivity index (χ0n) is 15.1. The van der Waals surface area contributed by atoms with Crippen LogP contribution in [-0.4, -0.2) is 12.6 Å². The van der Waals surface area contributed by atoms with Gasteiger partial charge < -0.3 is 16.4 Å². The fourth-order valence-corrected chi connectivity index (χ4v) is 2.63. The van der Waals surface area contributed by atoms with Crippen molar-refractivity contribution in [1.29, 1.82) is 0 Å². The first-order valence-electron chi connectivity index (χ1n) is 8.40. The first-order chi connectivity index (χ1) is 12.7. The third kappa shape index (κ3) is 6.14. The molecule has 4 N–H and O–H groups in total. The molecule has 0 aliphatic carbocycles. The fourth-order valence-electron chi connectivity index (χ4n) is 2.63. The molecule has 4 nitrogen and oxygen atoms in total. The first kappa shape index (κ1) is 20.5. The molecule has 2 amide bonds. The largest absolute Gasteiger partial charge is 0.416 e. The lowest BCUT2D eigenvalue weighted by Crippen LogP contribution is -2.21. The molecule has 2 aromatic carbocycles. The van der Waals surface area contributed by atoms with Crippen LogP contribution in [0.4, 0.5) is 23.7 Å². The molecule has 1 unspecified atom stereocenters. The Kier molecular flexibility index (Phi) is 6.63. The highest BCUT2D eigenvalue weighted by atomic mass is 19.4. The van der Waals surface area contributed by atoms with Gasteiger partial charge in [-0.1, -0.05) is 42.0 Å². The molecule has 0 bridgehead atoms. The molecule has 144 valence electrons. The van der Waals surface area contributed by atoms with Gasteiger partial charge in [0.25, 0.3) is 0 Å². The number of halogens is 3. The Hall–Kier alpha value is -2.80. The maximum atomic E-state index is 13.1. The molecular weight excluding hydrogens is 355 g/mol. The first-order valence-corrected chi connectivity index (χ1v) is 8.40. The van der Waals surface area contributed by atoms with E-state index in [1.165, 1.54) is 12.1 Å². The molecule has 7 heteroatoms. The van der Waals surface area contributed by atoms with E-state index in [-0.39, 0.29) is 11.6 Å². The zero-order chi connectivity index (χ0) is 20.0. The molecule has 0 saturated heterocycles. The average molecular weight is 377 g/mol. The van der Waals surface area contributed by atoms with E-state index in [0.717, 1.165) is 17.2 Å². The molecular formula is C20H22F3N3O. The van der Waals surface area contributed by atoms with Crippen molar-refractivity contribution in [3.05, 3.63) is 70.8 Å². The number of carbonyl (C=O) groups excluding carboxylic acids is 1. The lowest BCUT2D eigenvalue weighted by molar-refractivity contribution is -0.137. The van der Waals surface area contributed by atoms with Gasteiger partial charge in [-0.25, -0.2) is 4.79 Å². The Morgan fingerprint density at radius 3 is 2.37 bits per heavy atom. The number of rotatable bonds is 6. The van der Waals surface area contributed by atoms with E-state index >= 15 is 0 Å². The maximum absolute atomic E-state index is 13.1. The summed E-state index contributed by atoms with van der Waals surface area (Å²) in [4.78, 5) is 10.8. The standard InChI is InChI=1S/C20H22F3N3O/c1-13(11-16-5-3-4-6-18(16)20(21,22)23)12-25-14(2)15-7-9-17(10-8-15)26-19(24)27/h3-11,14,25H,12H2,1-2H3,(H3,24,26,27)/b13-11+. The molecule has 27 heavy (non-hydrogen) atoms. The highest BCUT2D eigenvalue weighted by Gasteiger charge is 2.32. The molecule has 0 aromatic heterocycles. The molecule has 0 aliphatic rings. The van der Waals surface area contributed by atoms with Crippen molar-refractivity contribution in [2.75, 3.05) is 11.9 Å². The smallest absolute Gasteiger partial charge is 0.351 e. The van der Waals surface area contributed by atoms with Crippen LogP contribution in [0.25, 0.3) is 6.08 Å². The number of alkyl halides is 3. The summed E-state index contributed by atoms with van der Waals surface area (Å²) in [7, 11) is 0. The van der Waals surface area contributed by atoms with Crippen molar-refractivity contribution in [1.82, 2.24) is 5.32 Å². The van der Waals surface area contributed by atoms with Gasteiger partial charge in [-0.05, 0) is 43.2 Å². The van der Waals surface area contributed by atoms with Crippen molar-refractivity contribution >= 4 is 17.8 Å². The SMILES string of the molecule is C/C(=C\c1ccccc1C(F)(F)F)CNC(C)c1ccc(NC(N)=O)cc1. The summed E-state index contributed by atoms with van der Waals surface area (Å²) in [5.41, 5.74) is 6.93. The van der Waals surface area contributed by atoms with E-state index in [1.54, 1.807) is 31.2 Å². The minimum Gasteiger partial charge on any atom is -0.351 e. The highest BCUT2D eigenvalue weighted by molar-refractivity contribution is 5.87. The molecule has 2 rings (SSSR count). The van der Waals surface area contributed by atoms with Gasteiger partial charge in [-0.2, -0.15) is 13.2 Å². The monoisotopic (exact) mass is 377 g/mol. The van der Waals surface area contributed by atoms with Gasteiger partial charge in [0.2, 0.25) is 0 Å². The Labute approximate surface area is 156 Å². The topological polar surface area (TPSA) is 67.2 Å². The number of hydrogen-bond acceptors (Lipinski definition) is 2. The van der Waals surface area contributed by atoms with Crippen LogP contribution in [0.3, 0.4) is 0 Å². The number of nitrogens with one attached hydrogen (secondary N) is 2. The second-order valence-electron chi connectivity index (χ2n) is 6.29. The number of primary amides is 1. The number of urea groups is 1. The Morgan fingerprint density at radius 2 is 1.78 bits per heavy atom. The van der Waals surface area contributed by atoms with Crippen molar-refractivity contribution in [3.8, 4) is 0 Å². The van der Waals surface area contributed by atoms with Crippen LogP contribution in [0.2, 0.25) is 0 Å². The van der Waals surface area contributed by atoms with Crippen molar-refractivity contribution in [3.63, 3.8) is 0 Å². The fraction of sp³-hybridized carbons (Fsp3) is 0.250. The third-order valence-corrected chi connectivity index (χ3v) is 4.03. The van der Waals surface area contributed by atoms with E-state index in [4.69, 9.17) is 5.73 Å². The van der Waals surface area contributed by atoms with Crippen LogP contribution < -0.4 is 16.4 Å². The highest BCUT2D eigenvalue weighted by Crippen LogP contribution is 2.32. The molecule has 2 aromatic rings. The van der Waals surface area contributed by atoms with Crippen molar-refractivity contribution in [2.45, 2.75) is 26.1 Å². The number of benzene rings is 2. The molecule has 0 aliphatic heterocycles. The van der Waals surface area contributed by atoms with E-state index in [0.29, 0.717) is 12.2 Å². The van der Waals surface area contributed by atoms with Gasteiger partial charge in [0.05, 0.1) is 5.56 Å². The summed E-state index contributed by atoms with van der Waals surface area (Å²) in [6.45, 7) is 4.18. The predicted molar refractivity (Wildman–Crippen MR) is 101 cm³/mol. The minimum absolute atomic E-state index is 0.0196. The number of carbonyl (C=O) groups is 1. The lowest BCUT2D eigenvalue weighted by atomic mass is 10.0. The minimum atomic E-state index is -4.38. The molecule has 0 saturated carbocycles. The number of amides is 2. The molecule has 0 fully saturated rings. The summed E-state index contributed by atoms with van der Waals surface area (Å²) < 4.78 is 39.2. The second kappa shape index (κ2) is 8.73. The summed E-state index contributed by atoms with van der Waals surface area (Å²) in [5, 5.41) is 5.76. The van der Waals surface area contributed by atoms with Gasteiger partial charge in [0.15, 0.2) is 0 Å². The van der Waals surface area contributed by atoms with Gasteiger partial charge in [-0.3, -0.25) is 0 Å². The van der Waals surface area contributed by atoms with E-state index in [9.17, 15) is 18.0 Å². The maximum Gasteiger partial charge on any atom is 0.416 e. The molecule has 1 atom stereocenters. The van der Waals surface area contributed by atoms with Crippen molar-refractivity contribution in [2.24, 2.45) is 5.73 Å². The van der Waals surface area contributed by atoms with Gasteiger partial charge in [0.1, 0.15) is 0 Å². The van der Waals surface area contributed by atoms with Gasteiger partial charge in [0, 0.05) is 18.3 Å². The molecule has 0 radical (unpaired) electrons. The number of anilines is 1. The Morgan fingerprint density at radius 1 is 1.15 bits per heavy atom. The van der Waals surface area contributed by atoms with Crippen molar-refractivity contribution < 1.29 is 18.0 Å². The molecule has 0 heterocycles. The van der Waals surface area contributed by atoms with Gasteiger partial charge >= 0.3 is 12.2 Å². The van der Waals surface area contributed by atoms with Crippen LogP contribution in [0.15, 0.2) is 54.1 Å². The summed E-state index contributed by atoms with van der Waals surface area (Å²) >= 11 is 0. The van der Waals surface area contributed by atoms with E-state index < -0.39 is 17.8 Å². The van der Waals surface area contributed by atoms with E-state index in [2.05, 4.69) is 10.6 Å². The summed E-state index contributed by atoms with van der Waals surface area (Å²) in [5.74, 6) is 0. The Bertz CT molecular complexity index is 814. The van der Waals surface area contributed by atoms with Crippen LogP contribution in [-0.2, 0) is 6.18 Å². The summed E-state index contributed by atoms with van der Waals surface area (Å²) in [6.07, 6.45) is -2.84. The van der Waals surface area contributed by atoms with E-state index in [1.807, 2.05) is 19.1 Å². The second-order valence-corrected chi connectivity index (χ2v) is 6.29. The molecule has 0 spiro atoms. The third-order valence-electron chi connectivity index (χ3n) is 4.03. The van der Waals surface area contributed by atoms with Crippen LogP contribution in [0.5, 0.6) is 0 Å². The summed E-state index contributed by atoms with van der Waals surface area (Å²) in [6, 6.07) is 12.0. The van der Waals surface area contributed by atoms with Crippen LogP contribution in [0.1, 0.15) is 36.6 Å². The normalized spacial score (nSPS) is 13.3. The number of hydrogen-bond donors (Lipinski definition) is 3. The lowest BCUT2D eigenvalue weighted by Gasteiger charge is -2.16. The average Bonchev–Trinajstić information content (AvgIpc) is 2.59. The van der Waals surface area contributed by atoms with Gasteiger partial charge in [-0.15, -0.1) is 0 Å². The number of nitrogens with two attached hydrogens (primary N) is 1.